The smallest absolute Gasteiger partial charge is 0.399 e. The molecule has 1 aromatic carbocycles. The quantitative estimate of drug-likeness (QED) is 0.684. The number of fused-ring (bicyclic) bond motifs is 1. The monoisotopic (exact) mass is 342 g/mol. The first-order chi connectivity index (χ1) is 10.8. The van der Waals surface area contributed by atoms with E-state index in [4.69, 9.17) is 9.31 Å². The molecule has 0 bridgehead atoms. The van der Waals surface area contributed by atoms with Crippen LogP contribution >= 0.6 is 0 Å². The average molecular weight is 342 g/mol. The second-order valence-electron chi connectivity index (χ2n) is 9.55. The summed E-state index contributed by atoms with van der Waals surface area (Å²) in [5, 5.41) is 0.114. The molecule has 0 saturated carbocycles. The molecule has 1 aromatic rings. The normalized spacial score (nSPS) is 28.5. The molecule has 1 atom stereocenters. The fraction of sp³-hybridized carbons (Fsp3) is 0.600. The lowest BCUT2D eigenvalue weighted by Gasteiger charge is -2.40. The van der Waals surface area contributed by atoms with E-state index in [1.54, 1.807) is 0 Å². The first-order valence-corrected chi connectivity index (χ1v) is 12.5. The van der Waals surface area contributed by atoms with Gasteiger partial charge in [0.2, 0.25) is 0 Å². The van der Waals surface area contributed by atoms with Gasteiger partial charge in [-0.1, -0.05) is 56.4 Å². The molecule has 0 amide bonds. The number of allylic oxidation sites excluding steroid dienone is 1. The Morgan fingerprint density at radius 1 is 0.875 bits per heavy atom. The van der Waals surface area contributed by atoms with Gasteiger partial charge in [0.25, 0.3) is 0 Å². The molecule has 0 N–H and O–H groups in total. The number of benzene rings is 1. The Balaban J connectivity index is 2.18. The van der Waals surface area contributed by atoms with E-state index >= 15 is 0 Å². The Hall–Kier alpha value is -0.838. The molecule has 1 fully saturated rings. The van der Waals surface area contributed by atoms with Crippen LogP contribution in [0.4, 0.5) is 0 Å². The van der Waals surface area contributed by atoms with E-state index in [0.717, 1.165) is 0 Å². The third-order valence-corrected chi connectivity index (χ3v) is 10.5. The molecule has 1 aliphatic heterocycles. The minimum absolute atomic E-state index is 0.114. The second kappa shape index (κ2) is 5.09. The molecule has 2 aliphatic rings. The second-order valence-corrected chi connectivity index (χ2v) is 15.0. The van der Waals surface area contributed by atoms with E-state index in [2.05, 4.69) is 85.4 Å². The lowest BCUT2D eigenvalue weighted by atomic mass is 9.73. The minimum atomic E-state index is -1.50. The van der Waals surface area contributed by atoms with Crippen LogP contribution < -0.4 is 0 Å². The van der Waals surface area contributed by atoms with E-state index in [1.807, 2.05) is 0 Å². The van der Waals surface area contributed by atoms with Gasteiger partial charge in [0.05, 0.1) is 19.3 Å². The largest absolute Gasteiger partial charge is 0.495 e. The Labute approximate surface area is 148 Å². The van der Waals surface area contributed by atoms with Gasteiger partial charge >= 0.3 is 7.12 Å². The van der Waals surface area contributed by atoms with Gasteiger partial charge < -0.3 is 9.31 Å². The lowest BCUT2D eigenvalue weighted by molar-refractivity contribution is 0.00578. The zero-order valence-electron chi connectivity index (χ0n) is 16.7. The van der Waals surface area contributed by atoms with E-state index < -0.39 is 8.07 Å². The van der Waals surface area contributed by atoms with Crippen LogP contribution in [0.1, 0.15) is 52.7 Å². The van der Waals surface area contributed by atoms with Gasteiger partial charge in [0.1, 0.15) is 0 Å². The molecule has 24 heavy (non-hydrogen) atoms. The van der Waals surface area contributed by atoms with Crippen molar-refractivity contribution in [2.24, 2.45) is 0 Å². The summed E-state index contributed by atoms with van der Waals surface area (Å²) in [6.45, 7) is 20.6. The number of hydrogen-bond donors (Lipinski definition) is 0. The highest BCUT2D eigenvalue weighted by Gasteiger charge is 2.57. The standard InChI is InChI=1S/C20H31BO2Si/c1-14-17(21-22-18(2,3)19(4,5)23-21)15-12-10-11-13-16(15)20(14,6)24(7,8)9/h10-13H,1-9H3. The first kappa shape index (κ1) is 18.0. The highest BCUT2D eigenvalue weighted by molar-refractivity contribution is 6.81. The third kappa shape index (κ3) is 2.23. The lowest BCUT2D eigenvalue weighted by Crippen LogP contribution is -2.47. The van der Waals surface area contributed by atoms with Crippen molar-refractivity contribution in [2.75, 3.05) is 0 Å². The van der Waals surface area contributed by atoms with Gasteiger partial charge in [-0.25, -0.2) is 0 Å². The summed E-state index contributed by atoms with van der Waals surface area (Å²) < 4.78 is 12.8. The summed E-state index contributed by atoms with van der Waals surface area (Å²) in [5.41, 5.74) is 4.84. The van der Waals surface area contributed by atoms with Crippen LogP contribution in [0.3, 0.4) is 0 Å². The van der Waals surface area contributed by atoms with E-state index in [0.29, 0.717) is 0 Å². The molecular formula is C20H31BO2Si. The maximum absolute atomic E-state index is 6.42. The summed E-state index contributed by atoms with van der Waals surface area (Å²) in [7, 11) is -1.78. The highest BCUT2D eigenvalue weighted by Crippen LogP contribution is 2.53. The fourth-order valence-electron chi connectivity index (χ4n) is 4.06. The number of hydrogen-bond acceptors (Lipinski definition) is 2. The highest BCUT2D eigenvalue weighted by atomic mass is 28.3. The molecule has 0 spiro atoms. The van der Waals surface area contributed by atoms with Crippen LogP contribution in [0.5, 0.6) is 0 Å². The minimum Gasteiger partial charge on any atom is -0.399 e. The molecule has 1 aliphatic carbocycles. The topological polar surface area (TPSA) is 18.5 Å². The van der Waals surface area contributed by atoms with Crippen molar-refractivity contribution >= 4 is 20.7 Å². The van der Waals surface area contributed by atoms with Crippen molar-refractivity contribution in [1.82, 2.24) is 0 Å². The fourth-order valence-corrected chi connectivity index (χ4v) is 6.34. The van der Waals surface area contributed by atoms with Gasteiger partial charge in [0.15, 0.2) is 0 Å². The average Bonchev–Trinajstić information content (AvgIpc) is 2.79. The van der Waals surface area contributed by atoms with Gasteiger partial charge in [0, 0.05) is 5.04 Å². The van der Waals surface area contributed by atoms with Gasteiger partial charge in [-0.15, -0.1) is 0 Å². The summed E-state index contributed by atoms with van der Waals surface area (Å²) in [5.74, 6) is 0. The van der Waals surface area contributed by atoms with Crippen molar-refractivity contribution in [3.63, 3.8) is 0 Å². The Morgan fingerprint density at radius 3 is 1.88 bits per heavy atom. The molecule has 130 valence electrons. The maximum Gasteiger partial charge on any atom is 0.495 e. The molecule has 1 saturated heterocycles. The van der Waals surface area contributed by atoms with Gasteiger partial charge in [-0.05, 0) is 51.2 Å². The van der Waals surface area contributed by atoms with Gasteiger partial charge in [-0.2, -0.15) is 0 Å². The predicted molar refractivity (Wildman–Crippen MR) is 106 cm³/mol. The molecule has 4 heteroatoms. The Kier molecular flexibility index (Phi) is 3.81. The molecule has 2 nitrogen and oxygen atoms in total. The van der Waals surface area contributed by atoms with E-state index in [9.17, 15) is 0 Å². The van der Waals surface area contributed by atoms with E-state index in [-0.39, 0.29) is 23.4 Å². The Bertz CT molecular complexity index is 699. The van der Waals surface area contributed by atoms with Crippen LogP contribution in [-0.4, -0.2) is 26.4 Å². The van der Waals surface area contributed by atoms with Crippen LogP contribution in [0.25, 0.3) is 5.47 Å². The predicted octanol–water partition coefficient (Wildman–Crippen LogP) is 5.24. The van der Waals surface area contributed by atoms with Gasteiger partial charge in [-0.3, -0.25) is 0 Å². The molecule has 0 radical (unpaired) electrons. The zero-order valence-corrected chi connectivity index (χ0v) is 17.7. The van der Waals surface area contributed by atoms with Crippen LogP contribution in [0, 0.1) is 0 Å². The molecule has 3 rings (SSSR count). The molecule has 1 unspecified atom stereocenters. The summed E-state index contributed by atoms with van der Waals surface area (Å²) >= 11 is 0. The first-order valence-electron chi connectivity index (χ1n) is 9.00. The third-order valence-electron chi connectivity index (χ3n) is 6.90. The Morgan fingerprint density at radius 2 is 1.38 bits per heavy atom. The molecule has 0 aromatic heterocycles. The van der Waals surface area contributed by atoms with Crippen LogP contribution in [0.15, 0.2) is 29.8 Å². The molecule has 1 heterocycles. The van der Waals surface area contributed by atoms with Crippen molar-refractivity contribution in [3.8, 4) is 0 Å². The van der Waals surface area contributed by atoms with Crippen molar-refractivity contribution in [2.45, 2.75) is 77.4 Å². The molecular weight excluding hydrogens is 311 g/mol. The van der Waals surface area contributed by atoms with Crippen molar-refractivity contribution in [1.29, 1.82) is 0 Å². The van der Waals surface area contributed by atoms with Crippen LogP contribution in [-0.2, 0) is 14.3 Å². The summed E-state index contributed by atoms with van der Waals surface area (Å²) in [6, 6.07) is 8.84. The number of rotatable bonds is 2. The maximum atomic E-state index is 6.42. The van der Waals surface area contributed by atoms with Crippen molar-refractivity contribution in [3.05, 3.63) is 41.0 Å². The summed E-state index contributed by atoms with van der Waals surface area (Å²) in [4.78, 5) is 0. The zero-order chi connectivity index (χ0) is 18.1. The van der Waals surface area contributed by atoms with Crippen LogP contribution in [0.2, 0.25) is 19.6 Å². The van der Waals surface area contributed by atoms with E-state index in [1.165, 1.54) is 22.2 Å². The van der Waals surface area contributed by atoms with Crippen molar-refractivity contribution < 1.29 is 9.31 Å². The SMILES string of the molecule is CC1=C(B2OC(C)(C)C(C)(C)O2)c2ccccc2C1(C)[Si](C)(C)C. The summed E-state index contributed by atoms with van der Waals surface area (Å²) in [6.07, 6.45) is 0.